The summed E-state index contributed by atoms with van der Waals surface area (Å²) in [7, 11) is 0. The Morgan fingerprint density at radius 3 is 2.67 bits per heavy atom. The van der Waals surface area contributed by atoms with Gasteiger partial charge in [0.05, 0.1) is 6.54 Å². The van der Waals surface area contributed by atoms with Crippen LogP contribution in [0.3, 0.4) is 0 Å². The molecule has 1 aliphatic carbocycles. The third kappa shape index (κ3) is 3.67. The topological polar surface area (TPSA) is 52.2 Å². The second kappa shape index (κ2) is 7.14. The highest BCUT2D eigenvalue weighted by molar-refractivity contribution is 5.82. The van der Waals surface area contributed by atoms with Crippen molar-refractivity contribution < 1.29 is 18.0 Å². The number of pyridine rings is 1. The van der Waals surface area contributed by atoms with Crippen molar-refractivity contribution in [3.63, 3.8) is 0 Å². The number of aromatic amines is 1. The lowest BCUT2D eigenvalue weighted by Crippen LogP contribution is -2.54. The Balaban J connectivity index is 1.52. The number of hydrogen-bond donors (Lipinski definition) is 1. The molecule has 5 nitrogen and oxygen atoms in total. The molecule has 1 amide bonds. The molecule has 1 aliphatic heterocycles. The van der Waals surface area contributed by atoms with Gasteiger partial charge >= 0.3 is 6.18 Å². The summed E-state index contributed by atoms with van der Waals surface area (Å²) in [6.07, 6.45) is 2.58. The van der Waals surface area contributed by atoms with Crippen LogP contribution in [-0.2, 0) is 17.5 Å². The summed E-state index contributed by atoms with van der Waals surface area (Å²) in [6.45, 7) is 1.43. The van der Waals surface area contributed by atoms with E-state index in [1.54, 1.807) is 12.1 Å². The predicted molar refractivity (Wildman–Crippen MR) is 95.0 cm³/mol. The van der Waals surface area contributed by atoms with E-state index in [4.69, 9.17) is 0 Å². The van der Waals surface area contributed by atoms with Gasteiger partial charge in [-0.15, -0.1) is 0 Å². The van der Waals surface area contributed by atoms with E-state index < -0.39 is 11.9 Å². The minimum Gasteiger partial charge on any atom is -0.337 e. The summed E-state index contributed by atoms with van der Waals surface area (Å²) in [5.41, 5.74) is -0.366. The number of piperazine rings is 1. The molecule has 2 aliphatic rings. The molecule has 27 heavy (non-hydrogen) atoms. The summed E-state index contributed by atoms with van der Waals surface area (Å²) in [4.78, 5) is 22.8. The average molecular weight is 380 g/mol. The Hall–Kier alpha value is -2.09. The molecule has 0 atom stereocenters. The van der Waals surface area contributed by atoms with Crippen molar-refractivity contribution in [3.8, 4) is 0 Å². The molecule has 2 aromatic heterocycles. The number of halogens is 3. The smallest absolute Gasteiger partial charge is 0.337 e. The maximum atomic E-state index is 13.5. The molecule has 0 radical (unpaired) electrons. The summed E-state index contributed by atoms with van der Waals surface area (Å²) in [5.74, 6) is 0.0275. The first-order chi connectivity index (χ1) is 12.9. The lowest BCUT2D eigenvalue weighted by Gasteiger charge is -2.40. The van der Waals surface area contributed by atoms with Crippen molar-refractivity contribution >= 4 is 16.9 Å². The molecule has 2 aromatic rings. The van der Waals surface area contributed by atoms with Crippen LogP contribution >= 0.6 is 0 Å². The molecule has 1 N–H and O–H groups in total. The third-order valence-corrected chi connectivity index (χ3v) is 5.70. The van der Waals surface area contributed by atoms with Crippen molar-refractivity contribution in [1.29, 1.82) is 0 Å². The van der Waals surface area contributed by atoms with Crippen LogP contribution in [0.5, 0.6) is 0 Å². The Morgan fingerprint density at radius 2 is 1.96 bits per heavy atom. The summed E-state index contributed by atoms with van der Waals surface area (Å²) in [6, 6.07) is 3.58. The number of hydrogen-bond acceptors (Lipinski definition) is 3. The zero-order chi connectivity index (χ0) is 19.0. The largest absolute Gasteiger partial charge is 0.431 e. The van der Waals surface area contributed by atoms with Crippen molar-refractivity contribution in [2.24, 2.45) is 0 Å². The normalized spacial score (nSPS) is 20.6. The molecule has 1 saturated heterocycles. The molecule has 0 aromatic carbocycles. The Bertz CT molecular complexity index is 826. The lowest BCUT2D eigenvalue weighted by molar-refractivity contribution is -0.142. The Morgan fingerprint density at radius 1 is 1.19 bits per heavy atom. The zero-order valence-electron chi connectivity index (χ0n) is 15.1. The second-order valence-electron chi connectivity index (χ2n) is 7.47. The molecular formula is C19H23F3N4O. The monoisotopic (exact) mass is 380 g/mol. The number of carbonyl (C=O) groups is 1. The summed E-state index contributed by atoms with van der Waals surface area (Å²) < 4.78 is 40.4. The van der Waals surface area contributed by atoms with Crippen LogP contribution in [0.4, 0.5) is 13.2 Å². The van der Waals surface area contributed by atoms with Gasteiger partial charge in [-0.05, 0) is 25.0 Å². The van der Waals surface area contributed by atoms with Gasteiger partial charge in [0.2, 0.25) is 5.91 Å². The van der Waals surface area contributed by atoms with Crippen LogP contribution in [0.25, 0.3) is 11.0 Å². The molecule has 3 heterocycles. The van der Waals surface area contributed by atoms with Crippen molar-refractivity contribution in [2.45, 2.75) is 50.9 Å². The maximum Gasteiger partial charge on any atom is 0.431 e. The van der Waals surface area contributed by atoms with E-state index in [1.807, 2.05) is 9.80 Å². The standard InChI is InChI=1S/C19H23F3N4O/c20-19(21,22)17-15(14-7-4-8-23-18(14)24-17)11-25-9-10-26(16(27)12-25)13-5-2-1-3-6-13/h4,7-8,13H,1-3,5-6,9-12H2,(H,23,24). The first-order valence-electron chi connectivity index (χ1n) is 9.48. The fraction of sp³-hybridized carbons (Fsp3) is 0.579. The Kier molecular flexibility index (Phi) is 4.84. The number of aromatic nitrogens is 2. The first kappa shape index (κ1) is 18.3. The quantitative estimate of drug-likeness (QED) is 0.886. The number of carbonyl (C=O) groups excluding carboxylic acids is 1. The SMILES string of the molecule is O=C1CN(Cc2c(C(F)(F)F)[nH]c3ncccc23)CCN1C1CCCCC1. The van der Waals surface area contributed by atoms with Gasteiger partial charge in [0.25, 0.3) is 0 Å². The van der Waals surface area contributed by atoms with Gasteiger partial charge in [-0.25, -0.2) is 4.98 Å². The number of fused-ring (bicyclic) bond motifs is 1. The summed E-state index contributed by atoms with van der Waals surface area (Å²) >= 11 is 0. The summed E-state index contributed by atoms with van der Waals surface area (Å²) in [5, 5.41) is 0.465. The van der Waals surface area contributed by atoms with Crippen LogP contribution in [-0.4, -0.2) is 51.4 Å². The molecule has 0 bridgehead atoms. The minimum absolute atomic E-state index is 0.0275. The van der Waals surface area contributed by atoms with E-state index in [1.165, 1.54) is 12.6 Å². The maximum absolute atomic E-state index is 13.5. The number of amides is 1. The molecular weight excluding hydrogens is 357 g/mol. The molecule has 146 valence electrons. The number of rotatable bonds is 3. The fourth-order valence-electron chi connectivity index (χ4n) is 4.36. The number of nitrogens with one attached hydrogen (secondary N) is 1. The minimum atomic E-state index is -4.48. The van der Waals surface area contributed by atoms with Crippen LogP contribution in [0.2, 0.25) is 0 Å². The molecule has 0 spiro atoms. The zero-order valence-corrected chi connectivity index (χ0v) is 15.1. The van der Waals surface area contributed by atoms with Crippen LogP contribution in [0.1, 0.15) is 43.4 Å². The number of alkyl halides is 3. The predicted octanol–water partition coefficient (Wildman–Crippen LogP) is 3.56. The molecule has 4 rings (SSSR count). The molecule has 2 fully saturated rings. The molecule has 1 saturated carbocycles. The van der Waals surface area contributed by atoms with Gasteiger partial charge in [-0.2, -0.15) is 13.2 Å². The first-order valence-corrected chi connectivity index (χ1v) is 9.48. The third-order valence-electron chi connectivity index (χ3n) is 5.70. The highest BCUT2D eigenvalue weighted by Gasteiger charge is 2.38. The van der Waals surface area contributed by atoms with Crippen molar-refractivity contribution in [3.05, 3.63) is 29.6 Å². The van der Waals surface area contributed by atoms with E-state index >= 15 is 0 Å². The Labute approximate surface area is 155 Å². The average Bonchev–Trinajstić information content (AvgIpc) is 3.02. The lowest BCUT2D eigenvalue weighted by atomic mass is 9.93. The number of H-pyrrole nitrogens is 1. The van der Waals surface area contributed by atoms with E-state index in [0.717, 1.165) is 25.7 Å². The van der Waals surface area contributed by atoms with Gasteiger partial charge in [-0.3, -0.25) is 9.69 Å². The molecule has 0 unspecified atom stereocenters. The van der Waals surface area contributed by atoms with Crippen molar-refractivity contribution in [2.75, 3.05) is 19.6 Å². The molecule has 8 heteroatoms. The van der Waals surface area contributed by atoms with Gasteiger partial charge in [0.15, 0.2) is 0 Å². The van der Waals surface area contributed by atoms with Gasteiger partial charge in [0.1, 0.15) is 11.3 Å². The highest BCUT2D eigenvalue weighted by Crippen LogP contribution is 2.36. The van der Waals surface area contributed by atoms with E-state index in [-0.39, 0.29) is 30.2 Å². The fourth-order valence-corrected chi connectivity index (χ4v) is 4.36. The van der Waals surface area contributed by atoms with E-state index in [2.05, 4.69) is 9.97 Å². The number of nitrogens with zero attached hydrogens (tertiary/aromatic N) is 3. The van der Waals surface area contributed by atoms with Crippen LogP contribution in [0.15, 0.2) is 18.3 Å². The van der Waals surface area contributed by atoms with Gasteiger partial charge < -0.3 is 9.88 Å². The van der Waals surface area contributed by atoms with Gasteiger partial charge in [0, 0.05) is 42.8 Å². The van der Waals surface area contributed by atoms with Crippen molar-refractivity contribution in [1.82, 2.24) is 19.8 Å². The highest BCUT2D eigenvalue weighted by atomic mass is 19.4. The van der Waals surface area contributed by atoms with E-state index in [0.29, 0.717) is 24.5 Å². The van der Waals surface area contributed by atoms with Crippen LogP contribution < -0.4 is 0 Å². The van der Waals surface area contributed by atoms with Gasteiger partial charge in [-0.1, -0.05) is 19.3 Å². The van der Waals surface area contributed by atoms with E-state index in [9.17, 15) is 18.0 Å². The second-order valence-corrected chi connectivity index (χ2v) is 7.47. The van der Waals surface area contributed by atoms with Crippen LogP contribution in [0, 0.1) is 0 Å².